The number of nitrogens with one attached hydrogen (secondary N) is 3. The summed E-state index contributed by atoms with van der Waals surface area (Å²) in [4.78, 5) is 16.0. The first-order valence-electron chi connectivity index (χ1n) is 9.91. The van der Waals surface area contributed by atoms with E-state index in [1.165, 1.54) is 37.4 Å². The highest BCUT2D eigenvalue weighted by atomic mass is 32.2. The second-order valence-corrected chi connectivity index (χ2v) is 8.66. The van der Waals surface area contributed by atoms with Crippen molar-refractivity contribution in [1.29, 1.82) is 0 Å². The molecule has 0 aliphatic carbocycles. The zero-order valence-electron chi connectivity index (χ0n) is 17.9. The van der Waals surface area contributed by atoms with Gasteiger partial charge in [0.2, 0.25) is 0 Å². The van der Waals surface area contributed by atoms with Crippen LogP contribution in [0, 0.1) is 0 Å². The summed E-state index contributed by atoms with van der Waals surface area (Å²) in [5.41, 5.74) is -0.397. The molecular weight excluding hydrogens is 473 g/mol. The normalized spacial score (nSPS) is 11.5. The topological polar surface area (TPSA) is 109 Å². The van der Waals surface area contributed by atoms with Crippen LogP contribution < -0.4 is 20.1 Å². The fourth-order valence-electron chi connectivity index (χ4n) is 2.81. The number of benzene rings is 2. The minimum absolute atomic E-state index is 0.0944. The first kappa shape index (κ1) is 24.8. The number of nitrogens with zero attached hydrogens (tertiary/aromatic N) is 1. The molecule has 2 aromatic carbocycles. The van der Waals surface area contributed by atoms with Gasteiger partial charge in [-0.3, -0.25) is 9.52 Å². The minimum atomic E-state index is -4.47. The van der Waals surface area contributed by atoms with Gasteiger partial charge in [-0.15, -0.1) is 0 Å². The van der Waals surface area contributed by atoms with Crippen molar-refractivity contribution in [2.24, 2.45) is 0 Å². The Bertz CT molecular complexity index is 1230. The predicted molar refractivity (Wildman–Crippen MR) is 120 cm³/mol. The van der Waals surface area contributed by atoms with Crippen LogP contribution in [0.5, 0.6) is 5.75 Å². The van der Waals surface area contributed by atoms with Gasteiger partial charge in [-0.1, -0.05) is 6.07 Å². The number of methoxy groups -OCH3 is 1. The van der Waals surface area contributed by atoms with Gasteiger partial charge in [0.15, 0.2) is 0 Å². The maximum atomic E-state index is 12.7. The van der Waals surface area contributed by atoms with Crippen molar-refractivity contribution >= 4 is 27.4 Å². The van der Waals surface area contributed by atoms with Crippen molar-refractivity contribution in [3.63, 3.8) is 0 Å². The highest BCUT2D eigenvalue weighted by molar-refractivity contribution is 7.92. The number of aromatic nitrogens is 1. The van der Waals surface area contributed by atoms with E-state index in [1.54, 1.807) is 24.3 Å². The molecule has 0 bridgehead atoms. The van der Waals surface area contributed by atoms with Crippen LogP contribution >= 0.6 is 0 Å². The lowest BCUT2D eigenvalue weighted by atomic mass is 10.2. The van der Waals surface area contributed by atoms with Gasteiger partial charge in [0.25, 0.3) is 15.9 Å². The molecular formula is C22H21F3N4O4S. The Morgan fingerprint density at radius 1 is 1.03 bits per heavy atom. The summed E-state index contributed by atoms with van der Waals surface area (Å²) in [5, 5.41) is 5.40. The number of carbonyl (C=O) groups excluding carboxylic acids is 1. The van der Waals surface area contributed by atoms with Crippen LogP contribution in [-0.4, -0.2) is 39.5 Å². The Morgan fingerprint density at radius 2 is 1.76 bits per heavy atom. The lowest BCUT2D eigenvalue weighted by Crippen LogP contribution is -2.29. The van der Waals surface area contributed by atoms with Crippen LogP contribution in [-0.2, 0) is 16.2 Å². The number of amides is 1. The van der Waals surface area contributed by atoms with E-state index in [4.69, 9.17) is 4.74 Å². The molecule has 12 heteroatoms. The van der Waals surface area contributed by atoms with Gasteiger partial charge in [0, 0.05) is 30.5 Å². The zero-order valence-corrected chi connectivity index (χ0v) is 18.7. The Balaban J connectivity index is 1.55. The van der Waals surface area contributed by atoms with E-state index in [1.807, 2.05) is 0 Å². The minimum Gasteiger partial charge on any atom is -0.497 e. The van der Waals surface area contributed by atoms with Gasteiger partial charge in [-0.25, -0.2) is 13.4 Å². The van der Waals surface area contributed by atoms with E-state index < -0.39 is 27.7 Å². The van der Waals surface area contributed by atoms with E-state index in [0.717, 1.165) is 6.07 Å². The number of ether oxygens (including phenoxy) is 1. The van der Waals surface area contributed by atoms with Crippen LogP contribution in [0.15, 0.2) is 71.8 Å². The lowest BCUT2D eigenvalue weighted by molar-refractivity contribution is -0.137. The Morgan fingerprint density at radius 3 is 2.38 bits per heavy atom. The molecule has 1 amide bonds. The molecule has 0 fully saturated rings. The Labute approximate surface area is 194 Å². The monoisotopic (exact) mass is 494 g/mol. The van der Waals surface area contributed by atoms with E-state index in [9.17, 15) is 26.4 Å². The third-order valence-corrected chi connectivity index (χ3v) is 5.94. The molecule has 1 aromatic heterocycles. The summed E-state index contributed by atoms with van der Waals surface area (Å²) in [6.07, 6.45) is -3.75. The van der Waals surface area contributed by atoms with Gasteiger partial charge >= 0.3 is 6.18 Å². The highest BCUT2D eigenvalue weighted by Gasteiger charge is 2.30. The van der Waals surface area contributed by atoms with E-state index in [0.29, 0.717) is 17.6 Å². The summed E-state index contributed by atoms with van der Waals surface area (Å²) in [6, 6.07) is 13.9. The molecule has 34 heavy (non-hydrogen) atoms. The van der Waals surface area contributed by atoms with Crippen molar-refractivity contribution in [1.82, 2.24) is 10.3 Å². The standard InChI is InChI=1S/C22H21F3N4O4S/c1-33-18-8-6-17(7-9-18)29-34(31,32)19-4-2-3-15(13-19)21(30)27-12-11-26-20-10-5-16(14-28-20)22(23,24)25/h2-10,13-14,29H,11-12H2,1H3,(H,26,28)(H,27,30). The average molecular weight is 494 g/mol. The molecule has 3 N–H and O–H groups in total. The number of pyridine rings is 1. The fraction of sp³-hybridized carbons (Fsp3) is 0.182. The van der Waals surface area contributed by atoms with Crippen molar-refractivity contribution in [3.05, 3.63) is 78.0 Å². The average Bonchev–Trinajstić information content (AvgIpc) is 2.82. The van der Waals surface area contributed by atoms with Crippen LogP contribution in [0.2, 0.25) is 0 Å². The maximum absolute atomic E-state index is 12.7. The van der Waals surface area contributed by atoms with E-state index in [2.05, 4.69) is 20.3 Å². The maximum Gasteiger partial charge on any atom is 0.417 e. The van der Waals surface area contributed by atoms with Gasteiger partial charge in [-0.2, -0.15) is 13.2 Å². The highest BCUT2D eigenvalue weighted by Crippen LogP contribution is 2.28. The quantitative estimate of drug-likeness (QED) is 0.391. The summed E-state index contributed by atoms with van der Waals surface area (Å²) in [7, 11) is -2.44. The second kappa shape index (κ2) is 10.4. The van der Waals surface area contributed by atoms with Gasteiger partial charge in [0.05, 0.1) is 17.6 Å². The first-order valence-corrected chi connectivity index (χ1v) is 11.4. The summed E-state index contributed by atoms with van der Waals surface area (Å²) < 4.78 is 70.5. The Kier molecular flexibility index (Phi) is 7.61. The molecule has 3 rings (SSSR count). The largest absolute Gasteiger partial charge is 0.497 e. The smallest absolute Gasteiger partial charge is 0.417 e. The number of hydrogen-bond acceptors (Lipinski definition) is 6. The van der Waals surface area contributed by atoms with Crippen LogP contribution in [0.1, 0.15) is 15.9 Å². The third-order valence-electron chi connectivity index (χ3n) is 4.56. The molecule has 1 heterocycles. The zero-order chi connectivity index (χ0) is 24.8. The summed E-state index contributed by atoms with van der Waals surface area (Å²) >= 11 is 0. The summed E-state index contributed by atoms with van der Waals surface area (Å²) in [5.74, 6) is 0.286. The Hall–Kier alpha value is -3.80. The van der Waals surface area contributed by atoms with Gasteiger partial charge < -0.3 is 15.4 Å². The van der Waals surface area contributed by atoms with Crippen LogP contribution in [0.3, 0.4) is 0 Å². The van der Waals surface area contributed by atoms with Crippen LogP contribution in [0.25, 0.3) is 0 Å². The molecule has 0 radical (unpaired) electrons. The predicted octanol–water partition coefficient (Wildman–Crippen LogP) is 3.75. The molecule has 0 spiro atoms. The van der Waals surface area contributed by atoms with Gasteiger partial charge in [-0.05, 0) is 54.6 Å². The number of sulfonamides is 1. The van der Waals surface area contributed by atoms with Crippen molar-refractivity contribution in [2.75, 3.05) is 30.2 Å². The molecule has 3 aromatic rings. The molecule has 0 atom stereocenters. The molecule has 0 saturated heterocycles. The van der Waals surface area contributed by atoms with Crippen molar-refractivity contribution in [2.45, 2.75) is 11.1 Å². The molecule has 0 aliphatic heterocycles. The molecule has 8 nitrogen and oxygen atoms in total. The molecule has 0 aliphatic rings. The SMILES string of the molecule is COc1ccc(NS(=O)(=O)c2cccc(C(=O)NCCNc3ccc(C(F)(F)F)cn3)c2)cc1. The third kappa shape index (κ3) is 6.61. The van der Waals surface area contributed by atoms with Gasteiger partial charge in [0.1, 0.15) is 11.6 Å². The summed E-state index contributed by atoms with van der Waals surface area (Å²) in [6.45, 7) is 0.323. The van der Waals surface area contributed by atoms with Crippen molar-refractivity contribution < 1.29 is 31.1 Å². The molecule has 0 saturated carbocycles. The lowest BCUT2D eigenvalue weighted by Gasteiger charge is -2.11. The number of hydrogen-bond donors (Lipinski definition) is 3. The fourth-order valence-corrected chi connectivity index (χ4v) is 3.92. The first-order chi connectivity index (χ1) is 16.1. The number of anilines is 2. The van der Waals surface area contributed by atoms with E-state index in [-0.39, 0.29) is 29.4 Å². The second-order valence-electron chi connectivity index (χ2n) is 6.97. The number of rotatable bonds is 9. The number of alkyl halides is 3. The van der Waals surface area contributed by atoms with E-state index >= 15 is 0 Å². The van der Waals surface area contributed by atoms with Crippen LogP contribution in [0.4, 0.5) is 24.7 Å². The molecule has 0 unspecified atom stereocenters. The van der Waals surface area contributed by atoms with Crippen molar-refractivity contribution in [3.8, 4) is 5.75 Å². The number of carbonyl (C=O) groups is 1. The number of halogens is 3. The molecule has 180 valence electrons.